The number of piperidine rings is 1. The van der Waals surface area contributed by atoms with Crippen molar-refractivity contribution in [2.45, 2.75) is 70.0 Å². The van der Waals surface area contributed by atoms with Crippen LogP contribution < -0.4 is 16.0 Å². The molecule has 1 saturated carbocycles. The lowest BCUT2D eigenvalue weighted by Crippen LogP contribution is -2.55. The Balaban J connectivity index is 1.76. The van der Waals surface area contributed by atoms with Gasteiger partial charge in [-0.3, -0.25) is 15.0 Å². The molecule has 6 nitrogen and oxygen atoms in total. The number of carbonyl (C=O) groups excluding carboxylic acids is 2. The summed E-state index contributed by atoms with van der Waals surface area (Å²) in [5.41, 5.74) is 0. The van der Waals surface area contributed by atoms with Gasteiger partial charge < -0.3 is 10.6 Å². The summed E-state index contributed by atoms with van der Waals surface area (Å²) >= 11 is 0. The molecule has 0 spiro atoms. The molecule has 2 rings (SSSR count). The van der Waals surface area contributed by atoms with Gasteiger partial charge in [-0.25, -0.2) is 4.79 Å². The molecule has 1 heterocycles. The standard InChI is InChI=1S/C16H30N4O2/c1-12(20-10-6-9-14(11-20)17-2)15(21)19-16(22)18-13-7-4-3-5-8-13/h12-14,17H,3-11H2,1-2H3,(H2,18,19,21,22). The second kappa shape index (κ2) is 8.48. The van der Waals surface area contributed by atoms with Crippen LogP contribution in [-0.4, -0.2) is 55.1 Å². The number of hydrogen-bond acceptors (Lipinski definition) is 4. The molecule has 2 aliphatic rings. The van der Waals surface area contributed by atoms with Gasteiger partial charge in [-0.15, -0.1) is 0 Å². The zero-order valence-corrected chi connectivity index (χ0v) is 13.9. The minimum Gasteiger partial charge on any atom is -0.335 e. The predicted octanol–water partition coefficient (Wildman–Crippen LogP) is 1.22. The highest BCUT2D eigenvalue weighted by atomic mass is 16.2. The van der Waals surface area contributed by atoms with Gasteiger partial charge in [0.25, 0.3) is 0 Å². The van der Waals surface area contributed by atoms with Gasteiger partial charge in [0.2, 0.25) is 5.91 Å². The quantitative estimate of drug-likeness (QED) is 0.730. The number of rotatable bonds is 4. The molecular formula is C16H30N4O2. The zero-order chi connectivity index (χ0) is 15.9. The molecule has 2 atom stereocenters. The van der Waals surface area contributed by atoms with E-state index in [0.717, 1.165) is 51.6 Å². The highest BCUT2D eigenvalue weighted by Crippen LogP contribution is 2.17. The van der Waals surface area contributed by atoms with Crippen LogP contribution in [0.2, 0.25) is 0 Å². The zero-order valence-electron chi connectivity index (χ0n) is 13.9. The molecule has 1 saturated heterocycles. The van der Waals surface area contributed by atoms with Gasteiger partial charge in [-0.2, -0.15) is 0 Å². The molecule has 22 heavy (non-hydrogen) atoms. The summed E-state index contributed by atoms with van der Waals surface area (Å²) < 4.78 is 0. The normalized spacial score (nSPS) is 25.5. The first-order valence-corrected chi connectivity index (χ1v) is 8.63. The SMILES string of the molecule is CNC1CCCN(C(C)C(=O)NC(=O)NC2CCCCC2)C1. The van der Waals surface area contributed by atoms with E-state index in [9.17, 15) is 9.59 Å². The smallest absolute Gasteiger partial charge is 0.321 e. The summed E-state index contributed by atoms with van der Waals surface area (Å²) in [4.78, 5) is 26.4. The summed E-state index contributed by atoms with van der Waals surface area (Å²) in [6.45, 7) is 3.65. The van der Waals surface area contributed by atoms with Crippen molar-refractivity contribution in [3.63, 3.8) is 0 Å². The topological polar surface area (TPSA) is 73.5 Å². The molecule has 0 radical (unpaired) electrons. The van der Waals surface area contributed by atoms with Gasteiger partial charge in [-0.05, 0) is 46.2 Å². The van der Waals surface area contributed by atoms with Gasteiger partial charge in [-0.1, -0.05) is 19.3 Å². The number of urea groups is 1. The number of carbonyl (C=O) groups is 2. The lowest BCUT2D eigenvalue weighted by atomic mass is 9.96. The second-order valence-corrected chi connectivity index (χ2v) is 6.60. The molecule has 6 heteroatoms. The van der Waals surface area contributed by atoms with Crippen molar-refractivity contribution in [2.24, 2.45) is 0 Å². The largest absolute Gasteiger partial charge is 0.335 e. The maximum Gasteiger partial charge on any atom is 0.321 e. The van der Waals surface area contributed by atoms with Crippen molar-refractivity contribution in [3.8, 4) is 0 Å². The van der Waals surface area contributed by atoms with E-state index in [1.807, 2.05) is 14.0 Å². The molecule has 3 N–H and O–H groups in total. The highest BCUT2D eigenvalue weighted by Gasteiger charge is 2.28. The average Bonchev–Trinajstić information content (AvgIpc) is 2.55. The predicted molar refractivity (Wildman–Crippen MR) is 86.7 cm³/mol. The number of amides is 3. The third-order valence-electron chi connectivity index (χ3n) is 4.97. The monoisotopic (exact) mass is 310 g/mol. The van der Waals surface area contributed by atoms with E-state index in [4.69, 9.17) is 0 Å². The van der Waals surface area contributed by atoms with Crippen LogP contribution in [-0.2, 0) is 4.79 Å². The molecule has 3 amide bonds. The molecule has 2 fully saturated rings. The van der Waals surface area contributed by atoms with Gasteiger partial charge in [0.05, 0.1) is 6.04 Å². The summed E-state index contributed by atoms with van der Waals surface area (Å²) in [6.07, 6.45) is 7.83. The lowest BCUT2D eigenvalue weighted by Gasteiger charge is -2.35. The Morgan fingerprint density at radius 3 is 2.41 bits per heavy atom. The average molecular weight is 310 g/mol. The van der Waals surface area contributed by atoms with Crippen LogP contribution in [0.25, 0.3) is 0 Å². The van der Waals surface area contributed by atoms with Crippen molar-refractivity contribution < 1.29 is 9.59 Å². The van der Waals surface area contributed by atoms with Gasteiger partial charge >= 0.3 is 6.03 Å². The Labute approximate surface area is 133 Å². The second-order valence-electron chi connectivity index (χ2n) is 6.60. The van der Waals surface area contributed by atoms with Crippen LogP contribution in [0.15, 0.2) is 0 Å². The van der Waals surface area contributed by atoms with E-state index in [1.54, 1.807) is 0 Å². The number of likely N-dealkylation sites (N-methyl/N-ethyl adjacent to an activating group) is 1. The Bertz CT molecular complexity index is 382. The minimum atomic E-state index is -0.342. The van der Waals surface area contributed by atoms with Gasteiger partial charge in [0, 0.05) is 18.6 Å². The molecule has 0 aromatic carbocycles. The number of nitrogens with one attached hydrogen (secondary N) is 3. The highest BCUT2D eigenvalue weighted by molar-refractivity contribution is 5.96. The van der Waals surface area contributed by atoms with E-state index in [0.29, 0.717) is 6.04 Å². The number of hydrogen-bond donors (Lipinski definition) is 3. The van der Waals surface area contributed by atoms with Crippen LogP contribution in [0.5, 0.6) is 0 Å². The molecular weight excluding hydrogens is 280 g/mol. The molecule has 2 unspecified atom stereocenters. The Hall–Kier alpha value is -1.14. The fourth-order valence-electron chi connectivity index (χ4n) is 3.44. The molecule has 0 bridgehead atoms. The number of likely N-dealkylation sites (tertiary alicyclic amines) is 1. The van der Waals surface area contributed by atoms with Crippen molar-refractivity contribution in [1.82, 2.24) is 20.9 Å². The maximum atomic E-state index is 12.3. The van der Waals surface area contributed by atoms with Crippen molar-refractivity contribution >= 4 is 11.9 Å². The Kier molecular flexibility index (Phi) is 6.64. The summed E-state index contributed by atoms with van der Waals surface area (Å²) in [7, 11) is 1.95. The van der Waals surface area contributed by atoms with Crippen molar-refractivity contribution in [3.05, 3.63) is 0 Å². The molecule has 1 aliphatic heterocycles. The summed E-state index contributed by atoms with van der Waals surface area (Å²) in [5.74, 6) is -0.204. The molecule has 126 valence electrons. The summed E-state index contributed by atoms with van der Waals surface area (Å²) in [6, 6.07) is 0.0414. The Morgan fingerprint density at radius 1 is 1.05 bits per heavy atom. The van der Waals surface area contributed by atoms with Crippen LogP contribution in [0.3, 0.4) is 0 Å². The third kappa shape index (κ3) is 4.95. The first kappa shape index (κ1) is 17.2. The van der Waals surface area contributed by atoms with E-state index >= 15 is 0 Å². The van der Waals surface area contributed by atoms with Crippen LogP contribution in [0, 0.1) is 0 Å². The third-order valence-corrected chi connectivity index (χ3v) is 4.97. The molecule has 1 aliphatic carbocycles. The Morgan fingerprint density at radius 2 is 1.73 bits per heavy atom. The first-order chi connectivity index (χ1) is 10.6. The number of nitrogens with zero attached hydrogens (tertiary/aromatic N) is 1. The molecule has 0 aromatic heterocycles. The van der Waals surface area contributed by atoms with Gasteiger partial charge in [0.1, 0.15) is 0 Å². The lowest BCUT2D eigenvalue weighted by molar-refractivity contribution is -0.125. The van der Waals surface area contributed by atoms with Crippen LogP contribution in [0.4, 0.5) is 4.79 Å². The molecule has 0 aromatic rings. The fraction of sp³-hybridized carbons (Fsp3) is 0.875. The van der Waals surface area contributed by atoms with Crippen LogP contribution in [0.1, 0.15) is 51.9 Å². The van der Waals surface area contributed by atoms with E-state index in [2.05, 4.69) is 20.9 Å². The van der Waals surface area contributed by atoms with Gasteiger partial charge in [0.15, 0.2) is 0 Å². The van der Waals surface area contributed by atoms with Crippen molar-refractivity contribution in [1.29, 1.82) is 0 Å². The van der Waals surface area contributed by atoms with E-state index in [1.165, 1.54) is 6.42 Å². The number of imide groups is 1. The minimum absolute atomic E-state index is 0.204. The fourth-order valence-corrected chi connectivity index (χ4v) is 3.44. The van der Waals surface area contributed by atoms with Crippen molar-refractivity contribution in [2.75, 3.05) is 20.1 Å². The van der Waals surface area contributed by atoms with E-state index < -0.39 is 0 Å². The van der Waals surface area contributed by atoms with Crippen LogP contribution >= 0.6 is 0 Å². The maximum absolute atomic E-state index is 12.3. The first-order valence-electron chi connectivity index (χ1n) is 8.63. The van der Waals surface area contributed by atoms with E-state index in [-0.39, 0.29) is 24.0 Å². The summed E-state index contributed by atoms with van der Waals surface area (Å²) in [5, 5.41) is 8.70.